The maximum atomic E-state index is 11.6. The zero-order valence-corrected chi connectivity index (χ0v) is 9.59. The lowest BCUT2D eigenvalue weighted by molar-refractivity contribution is -0.121. The number of hydrogen-bond donors (Lipinski definition) is 2. The van der Waals surface area contributed by atoms with Crippen LogP contribution in [0, 0.1) is 11.3 Å². The minimum absolute atomic E-state index is 0.0989. The lowest BCUT2D eigenvalue weighted by atomic mass is 10.0. The molecule has 2 rings (SSSR count). The molecule has 2 fully saturated rings. The SMILES string of the molecule is CCC1(CNC(=O)CC(N)C2CC2)CC1. The highest BCUT2D eigenvalue weighted by Crippen LogP contribution is 2.47. The summed E-state index contributed by atoms with van der Waals surface area (Å²) in [5.74, 6) is 0.769. The third-order valence-corrected chi connectivity index (χ3v) is 4.02. The van der Waals surface area contributed by atoms with Gasteiger partial charge in [-0.25, -0.2) is 0 Å². The monoisotopic (exact) mass is 210 g/mol. The first-order valence-electron chi connectivity index (χ1n) is 6.17. The Bertz CT molecular complexity index is 244. The maximum Gasteiger partial charge on any atom is 0.221 e. The van der Waals surface area contributed by atoms with Gasteiger partial charge in [0.1, 0.15) is 0 Å². The quantitative estimate of drug-likeness (QED) is 0.696. The van der Waals surface area contributed by atoms with Crippen LogP contribution >= 0.6 is 0 Å². The summed E-state index contributed by atoms with van der Waals surface area (Å²) < 4.78 is 0. The van der Waals surface area contributed by atoms with Crippen molar-refractivity contribution in [3.8, 4) is 0 Å². The van der Waals surface area contributed by atoms with Crippen molar-refractivity contribution in [3.05, 3.63) is 0 Å². The highest BCUT2D eigenvalue weighted by molar-refractivity contribution is 5.76. The molecule has 3 nitrogen and oxygen atoms in total. The number of amides is 1. The summed E-state index contributed by atoms with van der Waals surface area (Å²) in [6.07, 6.45) is 6.68. The van der Waals surface area contributed by atoms with Crippen LogP contribution < -0.4 is 11.1 Å². The third-order valence-electron chi connectivity index (χ3n) is 4.02. The van der Waals surface area contributed by atoms with E-state index < -0.39 is 0 Å². The van der Waals surface area contributed by atoms with Crippen molar-refractivity contribution in [3.63, 3.8) is 0 Å². The molecular weight excluding hydrogens is 188 g/mol. The van der Waals surface area contributed by atoms with Crippen molar-refractivity contribution < 1.29 is 4.79 Å². The van der Waals surface area contributed by atoms with E-state index in [2.05, 4.69) is 12.2 Å². The van der Waals surface area contributed by atoms with E-state index in [4.69, 9.17) is 5.73 Å². The van der Waals surface area contributed by atoms with Crippen LogP contribution in [-0.4, -0.2) is 18.5 Å². The number of carbonyl (C=O) groups is 1. The molecule has 2 aliphatic carbocycles. The number of nitrogens with one attached hydrogen (secondary N) is 1. The van der Waals surface area contributed by atoms with Crippen LogP contribution in [0.15, 0.2) is 0 Å². The highest BCUT2D eigenvalue weighted by Gasteiger charge is 2.40. The summed E-state index contributed by atoms with van der Waals surface area (Å²) in [5.41, 5.74) is 6.35. The molecule has 0 radical (unpaired) electrons. The predicted octanol–water partition coefficient (Wildman–Crippen LogP) is 1.42. The molecule has 0 bridgehead atoms. The fourth-order valence-electron chi connectivity index (χ4n) is 2.10. The highest BCUT2D eigenvalue weighted by atomic mass is 16.1. The Morgan fingerprint density at radius 3 is 2.67 bits per heavy atom. The number of carbonyl (C=O) groups excluding carboxylic acids is 1. The van der Waals surface area contributed by atoms with Crippen molar-refractivity contribution in [1.82, 2.24) is 5.32 Å². The van der Waals surface area contributed by atoms with Crippen molar-refractivity contribution in [2.24, 2.45) is 17.1 Å². The second-order valence-corrected chi connectivity index (χ2v) is 5.34. The molecule has 2 saturated carbocycles. The zero-order valence-electron chi connectivity index (χ0n) is 9.59. The van der Waals surface area contributed by atoms with Crippen LogP contribution in [0.1, 0.15) is 45.4 Å². The molecule has 0 heterocycles. The van der Waals surface area contributed by atoms with Gasteiger partial charge in [0.25, 0.3) is 0 Å². The van der Waals surface area contributed by atoms with Crippen molar-refractivity contribution in [2.75, 3.05) is 6.54 Å². The van der Waals surface area contributed by atoms with Gasteiger partial charge in [-0.15, -0.1) is 0 Å². The van der Waals surface area contributed by atoms with Gasteiger partial charge in [0, 0.05) is 19.0 Å². The standard InChI is InChI=1S/C12H22N2O/c1-2-12(5-6-12)8-14-11(15)7-10(13)9-3-4-9/h9-10H,2-8,13H2,1H3,(H,14,15). The van der Waals surface area contributed by atoms with E-state index in [1.165, 1.54) is 32.1 Å². The number of rotatable bonds is 6. The number of hydrogen-bond acceptors (Lipinski definition) is 2. The predicted molar refractivity (Wildman–Crippen MR) is 60.3 cm³/mol. The second-order valence-electron chi connectivity index (χ2n) is 5.34. The van der Waals surface area contributed by atoms with Gasteiger partial charge in [-0.2, -0.15) is 0 Å². The summed E-state index contributed by atoms with van der Waals surface area (Å²) in [6, 6.07) is 0.0989. The van der Waals surface area contributed by atoms with Gasteiger partial charge < -0.3 is 11.1 Å². The maximum absolute atomic E-state index is 11.6. The average Bonchev–Trinajstić information content (AvgIpc) is 3.08. The normalized spacial score (nSPS) is 24.7. The lowest BCUT2D eigenvalue weighted by Gasteiger charge is -2.15. The molecule has 3 heteroatoms. The van der Waals surface area contributed by atoms with Crippen molar-refractivity contribution in [2.45, 2.75) is 51.5 Å². The van der Waals surface area contributed by atoms with E-state index in [-0.39, 0.29) is 11.9 Å². The first-order valence-corrected chi connectivity index (χ1v) is 6.17. The van der Waals surface area contributed by atoms with Crippen LogP contribution in [0.2, 0.25) is 0 Å². The van der Waals surface area contributed by atoms with Gasteiger partial charge >= 0.3 is 0 Å². The third kappa shape index (κ3) is 2.94. The van der Waals surface area contributed by atoms with Crippen LogP contribution in [0.4, 0.5) is 0 Å². The van der Waals surface area contributed by atoms with Gasteiger partial charge in [0.2, 0.25) is 5.91 Å². The van der Waals surface area contributed by atoms with Crippen LogP contribution in [0.3, 0.4) is 0 Å². The molecule has 3 N–H and O–H groups in total. The molecule has 86 valence electrons. The molecule has 1 amide bonds. The largest absolute Gasteiger partial charge is 0.355 e. The van der Waals surface area contributed by atoms with E-state index >= 15 is 0 Å². The van der Waals surface area contributed by atoms with Crippen molar-refractivity contribution in [1.29, 1.82) is 0 Å². The van der Waals surface area contributed by atoms with Gasteiger partial charge in [-0.1, -0.05) is 6.92 Å². The Morgan fingerprint density at radius 2 is 2.20 bits per heavy atom. The minimum atomic E-state index is 0.0989. The summed E-state index contributed by atoms with van der Waals surface area (Å²) in [7, 11) is 0. The van der Waals surface area contributed by atoms with Crippen molar-refractivity contribution >= 4 is 5.91 Å². The van der Waals surface area contributed by atoms with Gasteiger partial charge in [-0.05, 0) is 43.4 Å². The zero-order chi connectivity index (χ0) is 10.9. The Balaban J connectivity index is 1.63. The summed E-state index contributed by atoms with van der Waals surface area (Å²) in [4.78, 5) is 11.6. The molecular formula is C12H22N2O. The number of nitrogens with two attached hydrogens (primary N) is 1. The minimum Gasteiger partial charge on any atom is -0.355 e. The molecule has 15 heavy (non-hydrogen) atoms. The van der Waals surface area contributed by atoms with E-state index in [1.54, 1.807) is 0 Å². The van der Waals surface area contributed by atoms with Crippen LogP contribution in [-0.2, 0) is 4.79 Å². The van der Waals surface area contributed by atoms with E-state index in [0.29, 0.717) is 17.8 Å². The molecule has 0 aromatic rings. The first kappa shape index (κ1) is 10.9. The summed E-state index contributed by atoms with van der Waals surface area (Å²) >= 11 is 0. The smallest absolute Gasteiger partial charge is 0.221 e. The average molecular weight is 210 g/mol. The van der Waals surface area contributed by atoms with E-state index in [0.717, 1.165) is 6.54 Å². The first-order chi connectivity index (χ1) is 7.15. The lowest BCUT2D eigenvalue weighted by Crippen LogP contribution is -2.35. The molecule has 0 saturated heterocycles. The van der Waals surface area contributed by atoms with E-state index in [1.807, 2.05) is 0 Å². The van der Waals surface area contributed by atoms with Gasteiger partial charge in [0.05, 0.1) is 0 Å². The molecule has 0 spiro atoms. The fourth-order valence-corrected chi connectivity index (χ4v) is 2.10. The molecule has 0 aromatic carbocycles. The molecule has 2 aliphatic rings. The molecule has 1 unspecified atom stereocenters. The van der Waals surface area contributed by atoms with E-state index in [9.17, 15) is 4.79 Å². The Labute approximate surface area is 91.8 Å². The van der Waals surface area contributed by atoms with Crippen LogP contribution in [0.5, 0.6) is 0 Å². The Morgan fingerprint density at radius 1 is 1.53 bits per heavy atom. The Kier molecular flexibility index (Phi) is 3.01. The van der Waals surface area contributed by atoms with Gasteiger partial charge in [-0.3, -0.25) is 4.79 Å². The molecule has 0 aromatic heterocycles. The Hall–Kier alpha value is -0.570. The topological polar surface area (TPSA) is 55.1 Å². The summed E-state index contributed by atoms with van der Waals surface area (Å²) in [6.45, 7) is 3.06. The summed E-state index contributed by atoms with van der Waals surface area (Å²) in [5, 5.41) is 3.03. The second kappa shape index (κ2) is 4.12. The van der Waals surface area contributed by atoms with Crippen LogP contribution in [0.25, 0.3) is 0 Å². The molecule has 1 atom stereocenters. The van der Waals surface area contributed by atoms with Gasteiger partial charge in [0.15, 0.2) is 0 Å². The fraction of sp³-hybridized carbons (Fsp3) is 0.917. The molecule has 0 aliphatic heterocycles.